The molecule has 7 heteroatoms. The van der Waals surface area contributed by atoms with Crippen molar-refractivity contribution in [2.24, 2.45) is 7.05 Å². The van der Waals surface area contributed by atoms with E-state index < -0.39 is 5.69 Å². The number of hydrogen-bond acceptors (Lipinski definition) is 4. The maximum Gasteiger partial charge on any atom is 0.329 e. The maximum absolute atomic E-state index is 12.1. The molecule has 1 unspecified atom stereocenters. The first-order valence-corrected chi connectivity index (χ1v) is 6.95. The van der Waals surface area contributed by atoms with Gasteiger partial charge in [-0.2, -0.15) is 4.98 Å². The summed E-state index contributed by atoms with van der Waals surface area (Å²) in [6.07, 6.45) is 1.83. The molecule has 0 aliphatic rings. The normalized spacial score (nSPS) is 12.8. The second-order valence-electron chi connectivity index (χ2n) is 5.03. The SMILES string of the molecule is CCCn1c(NC(C)CC)nc2c1c(=O)[nH]c(=O)n2C. The molecule has 0 radical (unpaired) electrons. The average molecular weight is 279 g/mol. The summed E-state index contributed by atoms with van der Waals surface area (Å²) >= 11 is 0. The van der Waals surface area contributed by atoms with Crippen LogP contribution in [0.2, 0.25) is 0 Å². The molecule has 0 fully saturated rings. The Bertz CT molecular complexity index is 725. The second kappa shape index (κ2) is 5.52. The van der Waals surface area contributed by atoms with Crippen molar-refractivity contribution in [2.45, 2.75) is 46.2 Å². The second-order valence-corrected chi connectivity index (χ2v) is 5.03. The molecule has 2 heterocycles. The number of rotatable bonds is 5. The zero-order chi connectivity index (χ0) is 14.9. The highest BCUT2D eigenvalue weighted by molar-refractivity contribution is 5.74. The zero-order valence-corrected chi connectivity index (χ0v) is 12.4. The van der Waals surface area contributed by atoms with Gasteiger partial charge in [0.25, 0.3) is 5.56 Å². The summed E-state index contributed by atoms with van der Waals surface area (Å²) in [5.41, 5.74) is 0.0257. The monoisotopic (exact) mass is 279 g/mol. The van der Waals surface area contributed by atoms with Crippen LogP contribution in [-0.4, -0.2) is 25.1 Å². The number of hydrogen-bond donors (Lipinski definition) is 2. The first-order chi connectivity index (χ1) is 9.49. The van der Waals surface area contributed by atoms with Gasteiger partial charge in [-0.25, -0.2) is 4.79 Å². The fourth-order valence-electron chi connectivity index (χ4n) is 2.11. The number of aromatic amines is 1. The van der Waals surface area contributed by atoms with Crippen LogP contribution in [0.4, 0.5) is 5.95 Å². The van der Waals surface area contributed by atoms with Gasteiger partial charge >= 0.3 is 5.69 Å². The standard InChI is InChI=1S/C13H21N5O2/c1-5-7-18-9-10(15-12(18)14-8(3)6-2)17(4)13(20)16-11(9)19/h8H,5-7H2,1-4H3,(H,14,15)(H,16,19,20). The van der Waals surface area contributed by atoms with Gasteiger partial charge in [-0.1, -0.05) is 13.8 Å². The molecule has 0 bridgehead atoms. The lowest BCUT2D eigenvalue weighted by atomic mass is 10.3. The highest BCUT2D eigenvalue weighted by Gasteiger charge is 2.17. The van der Waals surface area contributed by atoms with E-state index in [-0.39, 0.29) is 11.6 Å². The van der Waals surface area contributed by atoms with Crippen LogP contribution in [0, 0.1) is 0 Å². The third kappa shape index (κ3) is 2.35. The molecule has 0 aromatic carbocycles. The molecule has 20 heavy (non-hydrogen) atoms. The zero-order valence-electron chi connectivity index (χ0n) is 12.4. The summed E-state index contributed by atoms with van der Waals surface area (Å²) in [6, 6.07) is 0.249. The van der Waals surface area contributed by atoms with Gasteiger partial charge in [0.1, 0.15) is 0 Å². The fourth-order valence-corrected chi connectivity index (χ4v) is 2.11. The van der Waals surface area contributed by atoms with Gasteiger partial charge in [-0.3, -0.25) is 14.3 Å². The molecule has 2 aromatic rings. The molecule has 2 N–H and O–H groups in total. The lowest BCUT2D eigenvalue weighted by Crippen LogP contribution is -2.29. The molecule has 2 rings (SSSR count). The van der Waals surface area contributed by atoms with Gasteiger partial charge in [0, 0.05) is 19.6 Å². The van der Waals surface area contributed by atoms with E-state index in [0.29, 0.717) is 23.7 Å². The minimum absolute atomic E-state index is 0.249. The first kappa shape index (κ1) is 14.4. The predicted molar refractivity (Wildman–Crippen MR) is 79.3 cm³/mol. The van der Waals surface area contributed by atoms with Gasteiger partial charge in [0.05, 0.1) is 0 Å². The van der Waals surface area contributed by atoms with E-state index in [1.165, 1.54) is 4.57 Å². The summed E-state index contributed by atoms with van der Waals surface area (Å²) in [4.78, 5) is 30.5. The van der Waals surface area contributed by atoms with Gasteiger partial charge in [-0.15, -0.1) is 0 Å². The van der Waals surface area contributed by atoms with E-state index in [2.05, 4.69) is 29.1 Å². The van der Waals surface area contributed by atoms with Crippen LogP contribution < -0.4 is 16.6 Å². The third-order valence-corrected chi connectivity index (χ3v) is 3.44. The van der Waals surface area contributed by atoms with E-state index >= 15 is 0 Å². The molecule has 1 atom stereocenters. The first-order valence-electron chi connectivity index (χ1n) is 6.95. The summed E-state index contributed by atoms with van der Waals surface area (Å²) in [7, 11) is 1.61. The summed E-state index contributed by atoms with van der Waals surface area (Å²) < 4.78 is 3.21. The van der Waals surface area contributed by atoms with Crippen LogP contribution in [0.1, 0.15) is 33.6 Å². The molecule has 0 saturated carbocycles. The number of anilines is 1. The molecule has 0 aliphatic carbocycles. The van der Waals surface area contributed by atoms with Crippen molar-refractivity contribution in [3.05, 3.63) is 20.8 Å². The summed E-state index contributed by atoms with van der Waals surface area (Å²) in [5.74, 6) is 0.642. The molecule has 0 saturated heterocycles. The Morgan fingerprint density at radius 1 is 1.35 bits per heavy atom. The van der Waals surface area contributed by atoms with Crippen LogP contribution in [0.25, 0.3) is 11.2 Å². The van der Waals surface area contributed by atoms with Crippen molar-refractivity contribution in [1.29, 1.82) is 0 Å². The van der Waals surface area contributed by atoms with Crippen LogP contribution in [-0.2, 0) is 13.6 Å². The number of imidazole rings is 1. The minimum atomic E-state index is -0.446. The molecular weight excluding hydrogens is 258 g/mol. The van der Waals surface area contributed by atoms with Crippen molar-refractivity contribution < 1.29 is 0 Å². The Morgan fingerprint density at radius 3 is 2.65 bits per heavy atom. The molecular formula is C13H21N5O2. The Balaban J connectivity index is 2.72. The summed E-state index contributed by atoms with van der Waals surface area (Å²) in [6.45, 7) is 6.84. The lowest BCUT2D eigenvalue weighted by molar-refractivity contribution is 0.677. The van der Waals surface area contributed by atoms with Crippen LogP contribution in [0.3, 0.4) is 0 Å². The van der Waals surface area contributed by atoms with Crippen LogP contribution in [0.15, 0.2) is 9.59 Å². The number of aryl methyl sites for hydroxylation is 2. The average Bonchev–Trinajstić information content (AvgIpc) is 2.76. The van der Waals surface area contributed by atoms with Crippen molar-refractivity contribution in [3.8, 4) is 0 Å². The fraction of sp³-hybridized carbons (Fsp3) is 0.615. The lowest BCUT2D eigenvalue weighted by Gasteiger charge is -2.13. The molecule has 110 valence electrons. The van der Waals surface area contributed by atoms with E-state index in [9.17, 15) is 9.59 Å². The van der Waals surface area contributed by atoms with Crippen molar-refractivity contribution in [2.75, 3.05) is 5.32 Å². The number of H-pyrrole nitrogens is 1. The van der Waals surface area contributed by atoms with Crippen molar-refractivity contribution >= 4 is 17.1 Å². The molecule has 0 amide bonds. The maximum atomic E-state index is 12.1. The Hall–Kier alpha value is -2.05. The quantitative estimate of drug-likeness (QED) is 0.856. The highest BCUT2D eigenvalue weighted by Crippen LogP contribution is 2.17. The highest BCUT2D eigenvalue weighted by atomic mass is 16.2. The number of nitrogens with one attached hydrogen (secondary N) is 2. The van der Waals surface area contributed by atoms with E-state index in [0.717, 1.165) is 12.8 Å². The summed E-state index contributed by atoms with van der Waals surface area (Å²) in [5, 5.41) is 3.29. The topological polar surface area (TPSA) is 84.7 Å². The van der Waals surface area contributed by atoms with Crippen molar-refractivity contribution in [3.63, 3.8) is 0 Å². The van der Waals surface area contributed by atoms with Crippen LogP contribution in [0.5, 0.6) is 0 Å². The Kier molecular flexibility index (Phi) is 3.96. The molecule has 0 aliphatic heterocycles. The van der Waals surface area contributed by atoms with E-state index in [4.69, 9.17) is 0 Å². The minimum Gasteiger partial charge on any atom is -0.353 e. The molecule has 7 nitrogen and oxygen atoms in total. The number of nitrogens with zero attached hydrogens (tertiary/aromatic N) is 3. The molecule has 0 spiro atoms. The smallest absolute Gasteiger partial charge is 0.329 e. The van der Waals surface area contributed by atoms with E-state index in [1.54, 1.807) is 7.05 Å². The van der Waals surface area contributed by atoms with Gasteiger partial charge in [0.15, 0.2) is 11.2 Å². The number of fused-ring (bicyclic) bond motifs is 1. The van der Waals surface area contributed by atoms with Gasteiger partial charge < -0.3 is 9.88 Å². The Labute approximate surface area is 116 Å². The number of aromatic nitrogens is 4. The largest absolute Gasteiger partial charge is 0.353 e. The molecule has 2 aromatic heterocycles. The third-order valence-electron chi connectivity index (χ3n) is 3.44. The van der Waals surface area contributed by atoms with E-state index in [1.807, 2.05) is 11.5 Å². The van der Waals surface area contributed by atoms with Crippen LogP contribution >= 0.6 is 0 Å². The Morgan fingerprint density at radius 2 is 2.05 bits per heavy atom. The van der Waals surface area contributed by atoms with Gasteiger partial charge in [-0.05, 0) is 19.8 Å². The predicted octanol–water partition coefficient (Wildman–Crippen LogP) is 1.04. The van der Waals surface area contributed by atoms with Gasteiger partial charge in [0.2, 0.25) is 5.95 Å². The van der Waals surface area contributed by atoms with Crippen molar-refractivity contribution in [1.82, 2.24) is 19.1 Å².